The molecule has 1 heterocycles. The zero-order valence-corrected chi connectivity index (χ0v) is 13.7. The quantitative estimate of drug-likeness (QED) is 0.781. The summed E-state index contributed by atoms with van der Waals surface area (Å²) in [4.78, 5) is 15.2. The number of aryl methyl sites for hydroxylation is 1. The van der Waals surface area contributed by atoms with Crippen LogP contribution >= 0.6 is 23.5 Å². The zero-order valence-electron chi connectivity index (χ0n) is 12.0. The standard InChI is InChI=1S/C14H22N2O2S2/c1-3-10-8-15-14(20-9-13(17)18)16(10)11-5-6-12(7-11)19-4-2/h8,11-12H,3-7,9H2,1-2H3,(H,17,18). The summed E-state index contributed by atoms with van der Waals surface area (Å²) < 4.78 is 2.30. The fourth-order valence-corrected chi connectivity index (χ4v) is 4.72. The lowest BCUT2D eigenvalue weighted by Gasteiger charge is -2.18. The third-order valence-corrected chi connectivity index (χ3v) is 5.84. The van der Waals surface area contributed by atoms with Crippen LogP contribution in [-0.4, -0.2) is 37.4 Å². The van der Waals surface area contributed by atoms with Crippen molar-refractivity contribution in [2.75, 3.05) is 11.5 Å². The molecule has 0 saturated heterocycles. The first kappa shape index (κ1) is 15.8. The van der Waals surface area contributed by atoms with Gasteiger partial charge in [-0.05, 0) is 31.4 Å². The minimum Gasteiger partial charge on any atom is -0.481 e. The van der Waals surface area contributed by atoms with Crippen LogP contribution in [0.25, 0.3) is 0 Å². The molecule has 0 spiro atoms. The first-order valence-corrected chi connectivity index (χ1v) is 9.21. The number of aromatic nitrogens is 2. The maximum atomic E-state index is 10.8. The summed E-state index contributed by atoms with van der Waals surface area (Å²) in [5.41, 5.74) is 1.23. The van der Waals surface area contributed by atoms with Gasteiger partial charge in [0.25, 0.3) is 0 Å². The molecule has 6 heteroatoms. The average molecular weight is 314 g/mol. The molecular formula is C14H22N2O2S2. The smallest absolute Gasteiger partial charge is 0.313 e. The monoisotopic (exact) mass is 314 g/mol. The highest BCUT2D eigenvalue weighted by Crippen LogP contribution is 2.39. The highest BCUT2D eigenvalue weighted by atomic mass is 32.2. The molecule has 112 valence electrons. The summed E-state index contributed by atoms with van der Waals surface area (Å²) in [5, 5.41) is 10.5. The Morgan fingerprint density at radius 3 is 2.95 bits per heavy atom. The second-order valence-corrected chi connectivity index (χ2v) is 7.50. The molecule has 1 aromatic heterocycles. The van der Waals surface area contributed by atoms with Crippen molar-refractivity contribution < 1.29 is 9.90 Å². The predicted octanol–water partition coefficient (Wildman–Crippen LogP) is 3.47. The Labute approximate surface area is 128 Å². The first-order chi connectivity index (χ1) is 9.65. The van der Waals surface area contributed by atoms with E-state index in [-0.39, 0.29) is 5.75 Å². The van der Waals surface area contributed by atoms with Crippen LogP contribution in [0, 0.1) is 0 Å². The van der Waals surface area contributed by atoms with Crippen molar-refractivity contribution >= 4 is 29.5 Å². The van der Waals surface area contributed by atoms with Gasteiger partial charge in [0.1, 0.15) is 0 Å². The SMILES string of the molecule is CCSC1CCC(n2c(CC)cnc2SCC(=O)O)C1. The van der Waals surface area contributed by atoms with E-state index in [0.29, 0.717) is 6.04 Å². The fourth-order valence-electron chi connectivity index (χ4n) is 2.80. The zero-order chi connectivity index (χ0) is 14.5. The Kier molecular flexibility index (Phi) is 5.84. The number of carbonyl (C=O) groups is 1. The largest absolute Gasteiger partial charge is 0.481 e. The van der Waals surface area contributed by atoms with E-state index >= 15 is 0 Å². The normalized spacial score (nSPS) is 22.3. The summed E-state index contributed by atoms with van der Waals surface area (Å²) in [6.07, 6.45) is 6.48. The van der Waals surface area contributed by atoms with Crippen molar-refractivity contribution in [1.29, 1.82) is 0 Å². The second kappa shape index (κ2) is 7.41. The molecule has 2 unspecified atom stereocenters. The van der Waals surface area contributed by atoms with E-state index < -0.39 is 5.97 Å². The van der Waals surface area contributed by atoms with Gasteiger partial charge in [-0.3, -0.25) is 4.79 Å². The van der Waals surface area contributed by atoms with Crippen molar-refractivity contribution in [2.45, 2.75) is 56.0 Å². The molecule has 0 amide bonds. The maximum absolute atomic E-state index is 10.8. The third kappa shape index (κ3) is 3.73. The molecule has 0 bridgehead atoms. The molecule has 1 aliphatic carbocycles. The van der Waals surface area contributed by atoms with Crippen LogP contribution in [-0.2, 0) is 11.2 Å². The summed E-state index contributed by atoms with van der Waals surface area (Å²) in [5.74, 6) is 0.469. The van der Waals surface area contributed by atoms with Gasteiger partial charge in [-0.1, -0.05) is 25.6 Å². The van der Waals surface area contributed by atoms with E-state index in [9.17, 15) is 4.79 Å². The number of carboxylic acid groups (broad SMARTS) is 1. The van der Waals surface area contributed by atoms with Crippen LogP contribution in [0.2, 0.25) is 0 Å². The molecule has 1 aromatic rings. The Balaban J connectivity index is 2.12. The van der Waals surface area contributed by atoms with Crippen LogP contribution in [0.15, 0.2) is 11.4 Å². The Morgan fingerprint density at radius 1 is 1.50 bits per heavy atom. The lowest BCUT2D eigenvalue weighted by molar-refractivity contribution is -0.133. The minimum absolute atomic E-state index is 0.0834. The van der Waals surface area contributed by atoms with Crippen molar-refractivity contribution in [1.82, 2.24) is 9.55 Å². The number of hydrogen-bond acceptors (Lipinski definition) is 4. The van der Waals surface area contributed by atoms with E-state index in [1.807, 2.05) is 18.0 Å². The molecule has 1 N–H and O–H groups in total. The third-order valence-electron chi connectivity index (χ3n) is 3.65. The van der Waals surface area contributed by atoms with E-state index in [1.165, 1.54) is 42.5 Å². The summed E-state index contributed by atoms with van der Waals surface area (Å²) in [6, 6.07) is 0.493. The van der Waals surface area contributed by atoms with Gasteiger partial charge in [0.15, 0.2) is 5.16 Å². The van der Waals surface area contributed by atoms with Gasteiger partial charge >= 0.3 is 5.97 Å². The van der Waals surface area contributed by atoms with Gasteiger partial charge in [0, 0.05) is 23.2 Å². The van der Waals surface area contributed by atoms with Gasteiger partial charge < -0.3 is 9.67 Å². The number of rotatable bonds is 7. The lowest BCUT2D eigenvalue weighted by atomic mass is 10.2. The van der Waals surface area contributed by atoms with Crippen molar-refractivity contribution in [3.8, 4) is 0 Å². The molecule has 20 heavy (non-hydrogen) atoms. The number of carboxylic acids is 1. The summed E-state index contributed by atoms with van der Waals surface area (Å²) >= 11 is 3.38. The molecule has 0 aliphatic heterocycles. The number of aliphatic carboxylic acids is 1. The van der Waals surface area contributed by atoms with E-state index in [1.54, 1.807) is 0 Å². The van der Waals surface area contributed by atoms with E-state index in [4.69, 9.17) is 5.11 Å². The highest BCUT2D eigenvalue weighted by Gasteiger charge is 2.28. The van der Waals surface area contributed by atoms with Gasteiger partial charge in [-0.2, -0.15) is 11.8 Å². The molecule has 1 saturated carbocycles. The predicted molar refractivity (Wildman–Crippen MR) is 84.8 cm³/mol. The van der Waals surface area contributed by atoms with Gasteiger partial charge in [0.05, 0.1) is 5.75 Å². The van der Waals surface area contributed by atoms with Crippen LogP contribution < -0.4 is 0 Å². The number of nitrogens with zero attached hydrogens (tertiary/aromatic N) is 2. The molecule has 1 fully saturated rings. The van der Waals surface area contributed by atoms with Crippen LogP contribution in [0.3, 0.4) is 0 Å². The first-order valence-electron chi connectivity index (χ1n) is 7.18. The number of hydrogen-bond donors (Lipinski definition) is 1. The molecular weight excluding hydrogens is 292 g/mol. The molecule has 2 rings (SSSR count). The Hall–Kier alpha value is -0.620. The maximum Gasteiger partial charge on any atom is 0.313 e. The number of thioether (sulfide) groups is 2. The van der Waals surface area contributed by atoms with Gasteiger partial charge in [0.2, 0.25) is 0 Å². The average Bonchev–Trinajstić information content (AvgIpc) is 3.02. The molecule has 0 radical (unpaired) electrons. The number of imidazole rings is 1. The van der Waals surface area contributed by atoms with Crippen molar-refractivity contribution in [3.63, 3.8) is 0 Å². The molecule has 2 atom stereocenters. The highest BCUT2D eigenvalue weighted by molar-refractivity contribution is 8.00. The molecule has 1 aliphatic rings. The second-order valence-electron chi connectivity index (χ2n) is 4.98. The van der Waals surface area contributed by atoms with Crippen molar-refractivity contribution in [3.05, 3.63) is 11.9 Å². The topological polar surface area (TPSA) is 55.1 Å². The van der Waals surface area contributed by atoms with Gasteiger partial charge in [-0.15, -0.1) is 0 Å². The summed E-state index contributed by atoms with van der Waals surface area (Å²) in [6.45, 7) is 4.34. The van der Waals surface area contributed by atoms with E-state index in [0.717, 1.165) is 16.8 Å². The molecule has 4 nitrogen and oxygen atoms in total. The van der Waals surface area contributed by atoms with Crippen LogP contribution in [0.5, 0.6) is 0 Å². The Morgan fingerprint density at radius 2 is 2.30 bits per heavy atom. The van der Waals surface area contributed by atoms with Crippen LogP contribution in [0.4, 0.5) is 0 Å². The molecule has 0 aromatic carbocycles. The lowest BCUT2D eigenvalue weighted by Crippen LogP contribution is -2.12. The van der Waals surface area contributed by atoms with E-state index in [2.05, 4.69) is 23.4 Å². The fraction of sp³-hybridized carbons (Fsp3) is 0.714. The van der Waals surface area contributed by atoms with Gasteiger partial charge in [-0.25, -0.2) is 4.98 Å². The van der Waals surface area contributed by atoms with Crippen LogP contribution in [0.1, 0.15) is 44.8 Å². The Bertz CT molecular complexity index is 462. The summed E-state index contributed by atoms with van der Waals surface area (Å²) in [7, 11) is 0. The minimum atomic E-state index is -0.784. The van der Waals surface area contributed by atoms with Crippen molar-refractivity contribution in [2.24, 2.45) is 0 Å².